The molecule has 0 aliphatic heterocycles. The minimum Gasteiger partial charge on any atom is -0.310 e. The molecule has 0 radical (unpaired) electrons. The highest BCUT2D eigenvalue weighted by Crippen LogP contribution is 2.36. The van der Waals surface area contributed by atoms with Crippen molar-refractivity contribution >= 4 is 17.1 Å². The summed E-state index contributed by atoms with van der Waals surface area (Å²) in [7, 11) is 0. The van der Waals surface area contributed by atoms with Crippen LogP contribution in [-0.4, -0.2) is 0 Å². The van der Waals surface area contributed by atoms with Crippen LogP contribution in [0.3, 0.4) is 0 Å². The van der Waals surface area contributed by atoms with Crippen LogP contribution in [0.1, 0.15) is 11.1 Å². The largest absolute Gasteiger partial charge is 0.310 e. The lowest BCUT2D eigenvalue weighted by molar-refractivity contribution is 1.25. The van der Waals surface area contributed by atoms with Crippen molar-refractivity contribution in [3.05, 3.63) is 114 Å². The average molecular weight is 349 g/mol. The predicted octanol–water partition coefficient (Wildman–Crippen LogP) is 7.44. The number of anilines is 3. The van der Waals surface area contributed by atoms with E-state index in [1.807, 2.05) is 0 Å². The molecule has 0 saturated heterocycles. The summed E-state index contributed by atoms with van der Waals surface area (Å²) in [6.45, 7) is 4.28. The maximum absolute atomic E-state index is 2.31. The molecule has 0 heterocycles. The van der Waals surface area contributed by atoms with Gasteiger partial charge in [0.05, 0.1) is 0 Å². The van der Waals surface area contributed by atoms with E-state index in [4.69, 9.17) is 0 Å². The molecule has 4 aromatic carbocycles. The third-order valence-corrected chi connectivity index (χ3v) is 4.88. The fraction of sp³-hybridized carbons (Fsp3) is 0.0769. The Hall–Kier alpha value is -3.32. The molecule has 0 amide bonds. The van der Waals surface area contributed by atoms with Crippen molar-refractivity contribution in [2.75, 3.05) is 4.90 Å². The molecule has 0 fully saturated rings. The van der Waals surface area contributed by atoms with Gasteiger partial charge in [0.25, 0.3) is 0 Å². The molecule has 0 unspecified atom stereocenters. The normalized spacial score (nSPS) is 10.6. The van der Waals surface area contributed by atoms with Crippen LogP contribution in [0.2, 0.25) is 0 Å². The Kier molecular flexibility index (Phi) is 4.76. The van der Waals surface area contributed by atoms with Crippen LogP contribution in [0.5, 0.6) is 0 Å². The first-order valence-electron chi connectivity index (χ1n) is 9.30. The highest BCUT2D eigenvalue weighted by Gasteiger charge is 2.13. The van der Waals surface area contributed by atoms with Gasteiger partial charge in [0.15, 0.2) is 0 Å². The summed E-state index contributed by atoms with van der Waals surface area (Å²) in [5.74, 6) is 0. The smallest absolute Gasteiger partial charge is 0.0490 e. The van der Waals surface area contributed by atoms with Gasteiger partial charge in [-0.15, -0.1) is 0 Å². The summed E-state index contributed by atoms with van der Waals surface area (Å²) in [6.07, 6.45) is 0. The zero-order chi connectivity index (χ0) is 18.6. The van der Waals surface area contributed by atoms with Crippen molar-refractivity contribution in [1.29, 1.82) is 0 Å². The number of aryl methyl sites for hydroxylation is 2. The topological polar surface area (TPSA) is 3.24 Å². The van der Waals surface area contributed by atoms with E-state index in [1.54, 1.807) is 0 Å². The lowest BCUT2D eigenvalue weighted by atomic mass is 10.0. The van der Waals surface area contributed by atoms with Gasteiger partial charge < -0.3 is 4.90 Å². The molecule has 4 aromatic rings. The van der Waals surface area contributed by atoms with Crippen molar-refractivity contribution in [3.63, 3.8) is 0 Å². The van der Waals surface area contributed by atoms with Crippen LogP contribution < -0.4 is 4.90 Å². The first-order valence-corrected chi connectivity index (χ1v) is 9.30. The SMILES string of the molecule is Cc1ccc(-c2ccc(N(c3ccccc3)c3ccccc3C)cc2)cc1. The summed E-state index contributed by atoms with van der Waals surface area (Å²) in [5.41, 5.74) is 8.54. The van der Waals surface area contributed by atoms with Gasteiger partial charge in [-0.3, -0.25) is 0 Å². The second-order valence-corrected chi connectivity index (χ2v) is 6.87. The van der Waals surface area contributed by atoms with Crippen molar-refractivity contribution in [2.45, 2.75) is 13.8 Å². The van der Waals surface area contributed by atoms with Crippen LogP contribution in [-0.2, 0) is 0 Å². The Labute approximate surface area is 161 Å². The Morgan fingerprint density at radius 2 is 1.00 bits per heavy atom. The Bertz CT molecular complexity index is 1020. The number of para-hydroxylation sites is 2. The Balaban J connectivity index is 1.77. The van der Waals surface area contributed by atoms with Crippen molar-refractivity contribution in [3.8, 4) is 11.1 Å². The summed E-state index contributed by atoms with van der Waals surface area (Å²) < 4.78 is 0. The number of rotatable bonds is 4. The lowest BCUT2D eigenvalue weighted by Gasteiger charge is -2.27. The molecule has 0 bridgehead atoms. The molecule has 27 heavy (non-hydrogen) atoms. The van der Waals surface area contributed by atoms with Gasteiger partial charge in [0.2, 0.25) is 0 Å². The van der Waals surface area contributed by atoms with E-state index in [9.17, 15) is 0 Å². The van der Waals surface area contributed by atoms with Crippen LogP contribution in [0.4, 0.5) is 17.1 Å². The van der Waals surface area contributed by atoms with Gasteiger partial charge >= 0.3 is 0 Å². The molecule has 1 heteroatoms. The van der Waals surface area contributed by atoms with E-state index < -0.39 is 0 Å². The highest BCUT2D eigenvalue weighted by molar-refractivity contribution is 5.79. The van der Waals surface area contributed by atoms with E-state index in [2.05, 4.69) is 122 Å². The molecule has 0 saturated carbocycles. The van der Waals surface area contributed by atoms with Gasteiger partial charge in [-0.25, -0.2) is 0 Å². The minimum atomic E-state index is 1.16. The van der Waals surface area contributed by atoms with Crippen LogP contribution >= 0.6 is 0 Å². The summed E-state index contributed by atoms with van der Waals surface area (Å²) in [4.78, 5) is 2.31. The molecule has 4 rings (SSSR count). The van der Waals surface area contributed by atoms with Gasteiger partial charge in [0, 0.05) is 17.1 Å². The van der Waals surface area contributed by atoms with E-state index in [-0.39, 0.29) is 0 Å². The van der Waals surface area contributed by atoms with Crippen molar-refractivity contribution in [1.82, 2.24) is 0 Å². The third kappa shape index (κ3) is 3.63. The van der Waals surface area contributed by atoms with Crippen LogP contribution in [0.15, 0.2) is 103 Å². The summed E-state index contributed by atoms with van der Waals surface area (Å²) in [5, 5.41) is 0. The molecule has 0 aromatic heterocycles. The fourth-order valence-electron chi connectivity index (χ4n) is 3.37. The zero-order valence-electron chi connectivity index (χ0n) is 15.8. The molecule has 0 atom stereocenters. The number of nitrogens with zero attached hydrogens (tertiary/aromatic N) is 1. The monoisotopic (exact) mass is 349 g/mol. The molecule has 1 nitrogen and oxygen atoms in total. The molecular weight excluding hydrogens is 326 g/mol. The summed E-state index contributed by atoms with van der Waals surface area (Å²) >= 11 is 0. The van der Waals surface area contributed by atoms with Gasteiger partial charge in [0.1, 0.15) is 0 Å². The van der Waals surface area contributed by atoms with E-state index in [1.165, 1.54) is 27.9 Å². The summed E-state index contributed by atoms with van der Waals surface area (Å²) in [6, 6.07) is 36.5. The highest BCUT2D eigenvalue weighted by atomic mass is 15.1. The maximum Gasteiger partial charge on any atom is 0.0490 e. The third-order valence-electron chi connectivity index (χ3n) is 4.88. The second-order valence-electron chi connectivity index (χ2n) is 6.87. The molecule has 132 valence electrons. The minimum absolute atomic E-state index is 1.16. The Morgan fingerprint density at radius 1 is 0.481 bits per heavy atom. The first kappa shape index (κ1) is 17.1. The van der Waals surface area contributed by atoms with Gasteiger partial charge in [-0.1, -0.05) is 78.4 Å². The van der Waals surface area contributed by atoms with Gasteiger partial charge in [-0.05, 0) is 60.9 Å². The molecule has 0 spiro atoms. The molecule has 0 aliphatic rings. The zero-order valence-corrected chi connectivity index (χ0v) is 15.8. The molecule has 0 aliphatic carbocycles. The fourth-order valence-corrected chi connectivity index (χ4v) is 3.37. The average Bonchev–Trinajstić information content (AvgIpc) is 2.72. The standard InChI is InChI=1S/C26H23N/c1-20-12-14-22(15-13-20)23-16-18-25(19-17-23)27(24-9-4-3-5-10-24)26-11-7-6-8-21(26)2/h3-19H,1-2H3. The van der Waals surface area contributed by atoms with E-state index in [0.717, 1.165) is 11.4 Å². The number of hydrogen-bond acceptors (Lipinski definition) is 1. The lowest BCUT2D eigenvalue weighted by Crippen LogP contribution is -2.11. The quantitative estimate of drug-likeness (QED) is 0.370. The maximum atomic E-state index is 2.31. The number of benzene rings is 4. The van der Waals surface area contributed by atoms with Gasteiger partial charge in [-0.2, -0.15) is 0 Å². The Morgan fingerprint density at radius 3 is 1.63 bits per heavy atom. The van der Waals surface area contributed by atoms with E-state index >= 15 is 0 Å². The molecular formula is C26H23N. The second kappa shape index (κ2) is 7.51. The van der Waals surface area contributed by atoms with Crippen molar-refractivity contribution in [2.24, 2.45) is 0 Å². The van der Waals surface area contributed by atoms with Crippen LogP contribution in [0.25, 0.3) is 11.1 Å². The number of hydrogen-bond donors (Lipinski definition) is 0. The van der Waals surface area contributed by atoms with Crippen LogP contribution in [0, 0.1) is 13.8 Å². The predicted molar refractivity (Wildman–Crippen MR) is 116 cm³/mol. The first-order chi connectivity index (χ1) is 13.2. The van der Waals surface area contributed by atoms with E-state index in [0.29, 0.717) is 0 Å². The van der Waals surface area contributed by atoms with Crippen molar-refractivity contribution < 1.29 is 0 Å². The molecule has 0 N–H and O–H groups in total.